The third kappa shape index (κ3) is 4.97. The van der Waals surface area contributed by atoms with Crippen molar-refractivity contribution >= 4 is 5.91 Å². The van der Waals surface area contributed by atoms with Gasteiger partial charge in [0.2, 0.25) is 5.91 Å². The fraction of sp³-hybridized carbons (Fsp3) is 0.400. The smallest absolute Gasteiger partial charge is 0.224 e. The predicted molar refractivity (Wildman–Crippen MR) is 59.6 cm³/mol. The molecule has 16 heavy (non-hydrogen) atoms. The molecule has 0 aliphatic heterocycles. The normalized spacial score (nSPS) is 9.25. The lowest BCUT2D eigenvalue weighted by atomic mass is 10.2. The molecule has 0 bridgehead atoms. The summed E-state index contributed by atoms with van der Waals surface area (Å²) in [5.74, 6) is -0.0473. The van der Waals surface area contributed by atoms with Crippen LogP contribution in [-0.4, -0.2) is 24.0 Å². The van der Waals surface area contributed by atoms with Gasteiger partial charge in [0.1, 0.15) is 0 Å². The average Bonchev–Trinajstić information content (AvgIpc) is 2.30. The maximum absolute atomic E-state index is 11.4. The monoisotopic (exact) mass is 219 g/mol. The molecule has 6 heteroatoms. The molecule has 0 spiro atoms. The van der Waals surface area contributed by atoms with Crippen molar-refractivity contribution in [1.82, 2.24) is 10.3 Å². The van der Waals surface area contributed by atoms with E-state index in [0.717, 1.165) is 5.56 Å². The molecule has 0 radical (unpaired) electrons. The van der Waals surface area contributed by atoms with Crippen LogP contribution in [-0.2, 0) is 11.2 Å². The third-order valence-corrected chi connectivity index (χ3v) is 1.91. The fourth-order valence-electron chi connectivity index (χ4n) is 1.17. The molecule has 1 aromatic heterocycles. The number of azide groups is 1. The molecule has 0 aromatic carbocycles. The first kappa shape index (κ1) is 12.0. The second-order valence-electron chi connectivity index (χ2n) is 3.20. The fourth-order valence-corrected chi connectivity index (χ4v) is 1.17. The number of aromatic nitrogens is 1. The van der Waals surface area contributed by atoms with E-state index in [2.05, 4.69) is 20.3 Å². The van der Waals surface area contributed by atoms with E-state index in [1.807, 2.05) is 6.07 Å². The summed E-state index contributed by atoms with van der Waals surface area (Å²) in [6.07, 6.45) is 4.32. The van der Waals surface area contributed by atoms with E-state index in [0.29, 0.717) is 25.9 Å². The summed E-state index contributed by atoms with van der Waals surface area (Å²) in [6.45, 7) is 0.932. The third-order valence-electron chi connectivity index (χ3n) is 1.91. The highest BCUT2D eigenvalue weighted by Crippen LogP contribution is 1.96. The van der Waals surface area contributed by atoms with Gasteiger partial charge in [0.05, 0.1) is 6.42 Å². The van der Waals surface area contributed by atoms with Crippen LogP contribution in [0.4, 0.5) is 0 Å². The molecule has 0 aliphatic rings. The minimum atomic E-state index is -0.0473. The Bertz CT molecular complexity index is 372. The Labute approximate surface area is 93.3 Å². The molecule has 6 nitrogen and oxygen atoms in total. The first-order valence-corrected chi connectivity index (χ1v) is 4.99. The Kier molecular flexibility index (Phi) is 5.44. The Morgan fingerprint density at radius 1 is 1.62 bits per heavy atom. The second-order valence-corrected chi connectivity index (χ2v) is 3.20. The van der Waals surface area contributed by atoms with Crippen LogP contribution in [0.15, 0.2) is 29.6 Å². The maximum Gasteiger partial charge on any atom is 0.224 e. The van der Waals surface area contributed by atoms with Crippen LogP contribution in [0.1, 0.15) is 12.0 Å². The molecule has 1 aromatic rings. The topological polar surface area (TPSA) is 90.8 Å². The van der Waals surface area contributed by atoms with Crippen molar-refractivity contribution in [3.8, 4) is 0 Å². The quantitative estimate of drug-likeness (QED) is 0.339. The first-order chi connectivity index (χ1) is 7.83. The lowest BCUT2D eigenvalue weighted by Gasteiger charge is -2.03. The van der Waals surface area contributed by atoms with E-state index in [-0.39, 0.29) is 5.91 Å². The van der Waals surface area contributed by atoms with Crippen molar-refractivity contribution in [1.29, 1.82) is 0 Å². The summed E-state index contributed by atoms with van der Waals surface area (Å²) in [5.41, 5.74) is 8.92. The van der Waals surface area contributed by atoms with Crippen molar-refractivity contribution in [2.75, 3.05) is 13.1 Å². The number of rotatable bonds is 6. The summed E-state index contributed by atoms with van der Waals surface area (Å²) in [7, 11) is 0. The highest BCUT2D eigenvalue weighted by Gasteiger charge is 2.01. The largest absolute Gasteiger partial charge is 0.356 e. The van der Waals surface area contributed by atoms with Gasteiger partial charge in [-0.15, -0.1) is 0 Å². The van der Waals surface area contributed by atoms with Crippen LogP contribution in [0.3, 0.4) is 0 Å². The number of amides is 1. The highest BCUT2D eigenvalue weighted by atomic mass is 16.1. The highest BCUT2D eigenvalue weighted by molar-refractivity contribution is 5.78. The number of nitrogens with one attached hydrogen (secondary N) is 1. The molecular weight excluding hydrogens is 206 g/mol. The van der Waals surface area contributed by atoms with Gasteiger partial charge in [-0.05, 0) is 23.6 Å². The molecular formula is C10H13N5O. The van der Waals surface area contributed by atoms with Gasteiger partial charge in [-0.2, -0.15) is 0 Å². The van der Waals surface area contributed by atoms with Gasteiger partial charge in [0.15, 0.2) is 0 Å². The summed E-state index contributed by atoms with van der Waals surface area (Å²) in [4.78, 5) is 18.0. The zero-order valence-corrected chi connectivity index (χ0v) is 8.83. The zero-order valence-electron chi connectivity index (χ0n) is 8.83. The zero-order chi connectivity index (χ0) is 11.6. The van der Waals surface area contributed by atoms with E-state index >= 15 is 0 Å². The van der Waals surface area contributed by atoms with E-state index in [9.17, 15) is 4.79 Å². The molecule has 0 unspecified atom stereocenters. The Morgan fingerprint density at radius 2 is 2.50 bits per heavy atom. The van der Waals surface area contributed by atoms with Crippen LogP contribution >= 0.6 is 0 Å². The van der Waals surface area contributed by atoms with E-state index in [4.69, 9.17) is 5.53 Å². The molecule has 0 saturated carbocycles. The van der Waals surface area contributed by atoms with Gasteiger partial charge < -0.3 is 5.32 Å². The summed E-state index contributed by atoms with van der Waals surface area (Å²) in [5, 5.41) is 6.11. The first-order valence-electron chi connectivity index (χ1n) is 4.99. The SMILES string of the molecule is [N-]=[N+]=NCCCNC(=O)Cc1cccnc1. The molecule has 1 amide bonds. The minimum Gasteiger partial charge on any atom is -0.356 e. The molecule has 1 heterocycles. The van der Waals surface area contributed by atoms with Crippen LogP contribution in [0.2, 0.25) is 0 Å². The van der Waals surface area contributed by atoms with Crippen LogP contribution < -0.4 is 5.32 Å². The lowest BCUT2D eigenvalue weighted by Crippen LogP contribution is -2.26. The number of hydrogen-bond donors (Lipinski definition) is 1. The van der Waals surface area contributed by atoms with Gasteiger partial charge in [-0.1, -0.05) is 11.2 Å². The average molecular weight is 219 g/mol. The van der Waals surface area contributed by atoms with Gasteiger partial charge in [0, 0.05) is 30.4 Å². The second kappa shape index (κ2) is 7.25. The standard InChI is InChI=1S/C10H13N5O/c11-15-14-6-2-5-13-10(16)7-9-3-1-4-12-8-9/h1,3-4,8H,2,5-7H2,(H,13,16). The van der Waals surface area contributed by atoms with Crippen molar-refractivity contribution in [2.45, 2.75) is 12.8 Å². The number of hydrogen-bond acceptors (Lipinski definition) is 3. The number of carbonyl (C=O) groups excluding carboxylic acids is 1. The van der Waals surface area contributed by atoms with E-state index in [1.165, 1.54) is 0 Å². The minimum absolute atomic E-state index is 0.0473. The van der Waals surface area contributed by atoms with Gasteiger partial charge in [-0.3, -0.25) is 9.78 Å². The van der Waals surface area contributed by atoms with Gasteiger partial charge in [-0.25, -0.2) is 0 Å². The Balaban J connectivity index is 2.19. The molecule has 0 fully saturated rings. The van der Waals surface area contributed by atoms with Gasteiger partial charge in [0.25, 0.3) is 0 Å². The van der Waals surface area contributed by atoms with Crippen LogP contribution in [0.5, 0.6) is 0 Å². The molecule has 0 saturated heterocycles. The number of pyridine rings is 1. The number of carbonyl (C=O) groups is 1. The molecule has 1 N–H and O–H groups in total. The number of nitrogens with zero attached hydrogens (tertiary/aromatic N) is 4. The lowest BCUT2D eigenvalue weighted by molar-refractivity contribution is -0.120. The Hall–Kier alpha value is -2.07. The van der Waals surface area contributed by atoms with E-state index < -0.39 is 0 Å². The summed E-state index contributed by atoms with van der Waals surface area (Å²) in [6, 6.07) is 3.65. The van der Waals surface area contributed by atoms with Crippen molar-refractivity contribution < 1.29 is 4.79 Å². The van der Waals surface area contributed by atoms with Crippen molar-refractivity contribution in [3.63, 3.8) is 0 Å². The van der Waals surface area contributed by atoms with Crippen LogP contribution in [0.25, 0.3) is 10.4 Å². The molecule has 84 valence electrons. The molecule has 1 rings (SSSR count). The Morgan fingerprint density at radius 3 is 3.19 bits per heavy atom. The summed E-state index contributed by atoms with van der Waals surface area (Å²) < 4.78 is 0. The predicted octanol–water partition coefficient (Wildman–Crippen LogP) is 1.44. The van der Waals surface area contributed by atoms with Crippen molar-refractivity contribution in [3.05, 3.63) is 40.5 Å². The maximum atomic E-state index is 11.4. The molecule has 0 atom stereocenters. The van der Waals surface area contributed by atoms with Gasteiger partial charge >= 0.3 is 0 Å². The van der Waals surface area contributed by atoms with E-state index in [1.54, 1.807) is 18.5 Å². The van der Waals surface area contributed by atoms with Crippen LogP contribution in [0, 0.1) is 0 Å². The summed E-state index contributed by atoms with van der Waals surface area (Å²) >= 11 is 0. The van der Waals surface area contributed by atoms with Crippen molar-refractivity contribution in [2.24, 2.45) is 5.11 Å². The molecule has 0 aliphatic carbocycles.